The normalized spacial score (nSPS) is 24.0. The molecule has 1 saturated carbocycles. The Bertz CT molecular complexity index is 379. The Morgan fingerprint density at radius 2 is 2.11 bits per heavy atom. The van der Waals surface area contributed by atoms with Crippen molar-refractivity contribution < 1.29 is 4.74 Å². The van der Waals surface area contributed by atoms with Crippen LogP contribution in [-0.2, 0) is 0 Å². The molecule has 3 heteroatoms. The minimum absolute atomic E-state index is 0.179. The number of hydrogen-bond donors (Lipinski definition) is 1. The number of rotatable bonds is 4. The van der Waals surface area contributed by atoms with Crippen molar-refractivity contribution >= 4 is 5.82 Å². The van der Waals surface area contributed by atoms with Gasteiger partial charge in [-0.15, -0.1) is 0 Å². The van der Waals surface area contributed by atoms with Gasteiger partial charge in [0.2, 0.25) is 0 Å². The van der Waals surface area contributed by atoms with Crippen LogP contribution in [-0.4, -0.2) is 17.1 Å². The third kappa shape index (κ3) is 3.37. The lowest BCUT2D eigenvalue weighted by Gasteiger charge is -2.30. The van der Waals surface area contributed by atoms with Crippen LogP contribution >= 0.6 is 0 Å². The molecule has 2 rings (SSSR count). The zero-order chi connectivity index (χ0) is 13.0. The van der Waals surface area contributed by atoms with Crippen molar-refractivity contribution in [2.75, 3.05) is 5.32 Å². The van der Waals surface area contributed by atoms with Gasteiger partial charge in [0.25, 0.3) is 0 Å². The highest BCUT2D eigenvalue weighted by molar-refractivity contribution is 5.50. The van der Waals surface area contributed by atoms with Gasteiger partial charge < -0.3 is 10.1 Å². The van der Waals surface area contributed by atoms with E-state index in [0.717, 1.165) is 11.6 Å². The topological polar surface area (TPSA) is 34.1 Å². The Balaban J connectivity index is 2.07. The standard InChI is InChI=1S/C15H24N2O/c1-11(2)18-14-9-6-10-16-15(14)17-13-8-5-4-7-12(13)3/h6,9-13H,4-5,7-8H2,1-3H3,(H,16,17). The number of hydrogen-bond acceptors (Lipinski definition) is 3. The van der Waals surface area contributed by atoms with E-state index in [2.05, 4.69) is 17.2 Å². The molecule has 0 amide bonds. The van der Waals surface area contributed by atoms with Crippen LogP contribution in [0.2, 0.25) is 0 Å². The fraction of sp³-hybridized carbons (Fsp3) is 0.667. The van der Waals surface area contributed by atoms with E-state index >= 15 is 0 Å². The quantitative estimate of drug-likeness (QED) is 0.878. The highest BCUT2D eigenvalue weighted by Crippen LogP contribution is 2.29. The summed E-state index contributed by atoms with van der Waals surface area (Å²) in [5.41, 5.74) is 0. The third-order valence-corrected chi connectivity index (χ3v) is 3.57. The van der Waals surface area contributed by atoms with E-state index in [0.29, 0.717) is 12.0 Å². The number of pyridine rings is 1. The summed E-state index contributed by atoms with van der Waals surface area (Å²) in [6, 6.07) is 4.44. The molecular formula is C15H24N2O. The van der Waals surface area contributed by atoms with Gasteiger partial charge in [0, 0.05) is 12.2 Å². The lowest BCUT2D eigenvalue weighted by molar-refractivity contribution is 0.242. The van der Waals surface area contributed by atoms with Crippen molar-refractivity contribution in [3.8, 4) is 5.75 Å². The van der Waals surface area contributed by atoms with Crippen LogP contribution in [0, 0.1) is 5.92 Å². The summed E-state index contributed by atoms with van der Waals surface area (Å²) in [6.45, 7) is 6.41. The summed E-state index contributed by atoms with van der Waals surface area (Å²) < 4.78 is 5.80. The molecule has 2 atom stereocenters. The molecule has 1 fully saturated rings. The molecule has 0 spiro atoms. The van der Waals surface area contributed by atoms with Crippen LogP contribution in [0.15, 0.2) is 18.3 Å². The van der Waals surface area contributed by atoms with Crippen LogP contribution in [0.25, 0.3) is 0 Å². The zero-order valence-corrected chi connectivity index (χ0v) is 11.6. The van der Waals surface area contributed by atoms with Crippen molar-refractivity contribution in [3.63, 3.8) is 0 Å². The Morgan fingerprint density at radius 1 is 1.33 bits per heavy atom. The van der Waals surface area contributed by atoms with Gasteiger partial charge in [-0.2, -0.15) is 0 Å². The minimum atomic E-state index is 0.179. The number of aromatic nitrogens is 1. The van der Waals surface area contributed by atoms with Crippen LogP contribution < -0.4 is 10.1 Å². The van der Waals surface area contributed by atoms with Gasteiger partial charge in [0.1, 0.15) is 0 Å². The Hall–Kier alpha value is -1.25. The lowest BCUT2D eigenvalue weighted by atomic mass is 9.86. The number of anilines is 1. The van der Waals surface area contributed by atoms with E-state index in [1.807, 2.05) is 32.2 Å². The molecule has 1 heterocycles. The molecule has 100 valence electrons. The van der Waals surface area contributed by atoms with Crippen molar-refractivity contribution in [3.05, 3.63) is 18.3 Å². The molecule has 0 saturated heterocycles. The van der Waals surface area contributed by atoms with Crippen LogP contribution in [0.5, 0.6) is 5.75 Å². The molecule has 0 bridgehead atoms. The van der Waals surface area contributed by atoms with E-state index in [1.54, 1.807) is 0 Å². The van der Waals surface area contributed by atoms with Gasteiger partial charge in [0.15, 0.2) is 11.6 Å². The first kappa shape index (κ1) is 13.2. The van der Waals surface area contributed by atoms with E-state index in [9.17, 15) is 0 Å². The number of nitrogens with zero attached hydrogens (tertiary/aromatic N) is 1. The van der Waals surface area contributed by atoms with E-state index in [-0.39, 0.29) is 6.10 Å². The van der Waals surface area contributed by atoms with Crippen LogP contribution in [0.1, 0.15) is 46.5 Å². The van der Waals surface area contributed by atoms with Gasteiger partial charge >= 0.3 is 0 Å². The van der Waals surface area contributed by atoms with E-state index < -0.39 is 0 Å². The summed E-state index contributed by atoms with van der Waals surface area (Å²) in [4.78, 5) is 4.42. The van der Waals surface area contributed by atoms with Gasteiger partial charge in [0.05, 0.1) is 6.10 Å². The first-order valence-electron chi connectivity index (χ1n) is 7.05. The molecule has 1 N–H and O–H groups in total. The average molecular weight is 248 g/mol. The second-order valence-electron chi connectivity index (χ2n) is 5.53. The number of nitrogens with one attached hydrogen (secondary N) is 1. The summed E-state index contributed by atoms with van der Waals surface area (Å²) >= 11 is 0. The Morgan fingerprint density at radius 3 is 2.83 bits per heavy atom. The molecule has 1 aromatic heterocycles. The van der Waals surface area contributed by atoms with Crippen molar-refractivity contribution in [2.24, 2.45) is 5.92 Å². The summed E-state index contributed by atoms with van der Waals surface area (Å²) in [6.07, 6.45) is 7.22. The SMILES string of the molecule is CC(C)Oc1cccnc1NC1CCCCC1C. The Labute approximate surface area is 110 Å². The van der Waals surface area contributed by atoms with Gasteiger partial charge in [-0.05, 0) is 44.7 Å². The molecule has 1 aliphatic carbocycles. The van der Waals surface area contributed by atoms with E-state index in [4.69, 9.17) is 4.74 Å². The second kappa shape index (κ2) is 6.07. The lowest BCUT2D eigenvalue weighted by Crippen LogP contribution is -2.31. The predicted octanol–water partition coefficient (Wildman–Crippen LogP) is 3.86. The second-order valence-corrected chi connectivity index (χ2v) is 5.53. The van der Waals surface area contributed by atoms with Crippen LogP contribution in [0.3, 0.4) is 0 Å². The molecular weight excluding hydrogens is 224 g/mol. The molecule has 0 aromatic carbocycles. The van der Waals surface area contributed by atoms with Gasteiger partial charge in [-0.1, -0.05) is 19.8 Å². The van der Waals surface area contributed by atoms with Crippen molar-refractivity contribution in [1.29, 1.82) is 0 Å². The van der Waals surface area contributed by atoms with E-state index in [1.165, 1.54) is 25.7 Å². The summed E-state index contributed by atoms with van der Waals surface area (Å²) in [5, 5.41) is 3.57. The molecule has 1 aromatic rings. The first-order chi connectivity index (χ1) is 8.66. The monoisotopic (exact) mass is 248 g/mol. The molecule has 0 radical (unpaired) electrons. The van der Waals surface area contributed by atoms with Gasteiger partial charge in [-0.3, -0.25) is 0 Å². The fourth-order valence-electron chi connectivity index (χ4n) is 2.55. The van der Waals surface area contributed by atoms with Crippen LogP contribution in [0.4, 0.5) is 5.82 Å². The Kier molecular flexibility index (Phi) is 4.45. The average Bonchev–Trinajstić information content (AvgIpc) is 2.34. The maximum atomic E-state index is 5.80. The maximum Gasteiger partial charge on any atom is 0.168 e. The third-order valence-electron chi connectivity index (χ3n) is 3.57. The molecule has 2 unspecified atom stereocenters. The summed E-state index contributed by atoms with van der Waals surface area (Å²) in [7, 11) is 0. The highest BCUT2D eigenvalue weighted by Gasteiger charge is 2.22. The van der Waals surface area contributed by atoms with Crippen molar-refractivity contribution in [1.82, 2.24) is 4.98 Å². The molecule has 3 nitrogen and oxygen atoms in total. The predicted molar refractivity (Wildman–Crippen MR) is 75.0 cm³/mol. The molecule has 18 heavy (non-hydrogen) atoms. The highest BCUT2D eigenvalue weighted by atomic mass is 16.5. The minimum Gasteiger partial charge on any atom is -0.487 e. The zero-order valence-electron chi connectivity index (χ0n) is 11.6. The van der Waals surface area contributed by atoms with Gasteiger partial charge in [-0.25, -0.2) is 4.98 Å². The smallest absolute Gasteiger partial charge is 0.168 e. The maximum absolute atomic E-state index is 5.80. The van der Waals surface area contributed by atoms with Crippen molar-refractivity contribution in [2.45, 2.75) is 58.6 Å². The number of ether oxygens (including phenoxy) is 1. The summed E-state index contributed by atoms with van der Waals surface area (Å²) in [5.74, 6) is 2.47. The first-order valence-corrected chi connectivity index (χ1v) is 7.05. The molecule has 1 aliphatic rings. The molecule has 0 aliphatic heterocycles. The largest absolute Gasteiger partial charge is 0.487 e. The fourth-order valence-corrected chi connectivity index (χ4v) is 2.55.